The van der Waals surface area contributed by atoms with Gasteiger partial charge in [-0.15, -0.1) is 22.7 Å². The predicted molar refractivity (Wildman–Crippen MR) is 215 cm³/mol. The minimum absolute atomic E-state index is 0.114. The molecule has 0 saturated carbocycles. The number of carbonyl (C=O) groups is 4. The first-order chi connectivity index (χ1) is 27.6. The Labute approximate surface area is 337 Å². The van der Waals surface area contributed by atoms with E-state index < -0.39 is 24.3 Å². The number of nitrogens with zero attached hydrogens (tertiary/aromatic N) is 4. The Morgan fingerprint density at radius 2 is 1.26 bits per heavy atom. The minimum atomic E-state index is -0.888. The van der Waals surface area contributed by atoms with Gasteiger partial charge < -0.3 is 39.9 Å². The van der Waals surface area contributed by atoms with Gasteiger partial charge in [0.2, 0.25) is 5.91 Å². The van der Waals surface area contributed by atoms with E-state index in [9.17, 15) is 19.2 Å². The lowest BCUT2D eigenvalue weighted by Gasteiger charge is -2.29. The number of carbonyl (C=O) groups excluding carboxylic acids is 4. The molecule has 0 aliphatic carbocycles. The third kappa shape index (κ3) is 8.83. The number of hydrogen-bond acceptors (Lipinski definition) is 10. The number of amides is 4. The van der Waals surface area contributed by atoms with Crippen LogP contribution in [0.3, 0.4) is 0 Å². The van der Waals surface area contributed by atoms with Crippen LogP contribution in [0.15, 0.2) is 54.9 Å². The molecule has 2 aliphatic rings. The third-order valence-corrected chi connectivity index (χ3v) is 12.1. The number of hydrogen-bond donors (Lipinski definition) is 4. The van der Waals surface area contributed by atoms with Crippen LogP contribution in [-0.4, -0.2) is 87.1 Å². The van der Waals surface area contributed by atoms with E-state index in [1.54, 1.807) is 57.0 Å². The van der Waals surface area contributed by atoms with Crippen molar-refractivity contribution in [3.63, 3.8) is 0 Å². The molecule has 16 heteroatoms. The fourth-order valence-electron chi connectivity index (χ4n) is 7.14. The molecule has 4 aromatic heterocycles. The largest absolute Gasteiger partial charge is 0.453 e. The average Bonchev–Trinajstić information content (AvgIpc) is 4.07. The zero-order valence-corrected chi connectivity index (χ0v) is 33.5. The maximum atomic E-state index is 13.8. The lowest BCUT2D eigenvalue weighted by molar-refractivity contribution is -0.135. The molecule has 294 valence electrons. The van der Waals surface area contributed by atoms with Crippen LogP contribution >= 0.6 is 22.7 Å². The first-order valence-electron chi connectivity index (χ1n) is 18.6. The number of benzene rings is 1. The maximum absolute atomic E-state index is 13.8. The molecule has 1 aromatic carbocycles. The quantitative estimate of drug-likeness (QED) is 0.138. The van der Waals surface area contributed by atoms with E-state index in [1.807, 2.05) is 32.0 Å². The number of imidazole rings is 2. The molecular weight excluding hydrogens is 765 g/mol. The zero-order valence-electron chi connectivity index (χ0n) is 31.9. The smallest absolute Gasteiger partial charge is 0.407 e. The molecule has 2 aliphatic heterocycles. The molecule has 57 heavy (non-hydrogen) atoms. The van der Waals surface area contributed by atoms with Gasteiger partial charge in [0.1, 0.15) is 35.1 Å². The number of likely N-dealkylation sites (tertiary alicyclic amines) is 2. The summed E-state index contributed by atoms with van der Waals surface area (Å²) in [6.45, 7) is 4.89. The van der Waals surface area contributed by atoms with E-state index in [0.29, 0.717) is 41.7 Å². The second-order valence-electron chi connectivity index (χ2n) is 14.0. The predicted octanol–water partition coefficient (Wildman–Crippen LogP) is 6.01. The number of thiophene rings is 2. The Hall–Kier alpha value is -6.10. The molecule has 2 saturated heterocycles. The summed E-state index contributed by atoms with van der Waals surface area (Å²) in [4.78, 5) is 72.4. The van der Waals surface area contributed by atoms with Gasteiger partial charge in [0, 0.05) is 22.5 Å². The summed E-state index contributed by atoms with van der Waals surface area (Å²) in [6, 6.07) is 11.1. The number of fused-ring (bicyclic) bond motifs is 1. The highest BCUT2D eigenvalue weighted by atomic mass is 32.1. The molecule has 4 atom stereocenters. The molecule has 7 rings (SSSR count). The average molecular weight is 807 g/mol. The second kappa shape index (κ2) is 17.4. The molecule has 14 nitrogen and oxygen atoms in total. The van der Waals surface area contributed by atoms with Crippen LogP contribution in [0, 0.1) is 29.6 Å². The van der Waals surface area contributed by atoms with Crippen LogP contribution in [0.4, 0.5) is 9.59 Å². The van der Waals surface area contributed by atoms with E-state index in [0.717, 1.165) is 44.8 Å². The Balaban J connectivity index is 0.990. The van der Waals surface area contributed by atoms with Gasteiger partial charge in [-0.25, -0.2) is 19.6 Å². The van der Waals surface area contributed by atoms with Crippen molar-refractivity contribution in [1.29, 1.82) is 0 Å². The lowest BCUT2D eigenvalue weighted by Crippen LogP contribution is -2.51. The number of rotatable bonds is 8. The fourth-order valence-corrected chi connectivity index (χ4v) is 9.24. The topological polar surface area (TPSA) is 175 Å². The molecule has 4 N–H and O–H groups in total. The lowest BCUT2D eigenvalue weighted by atomic mass is 10.0. The van der Waals surface area contributed by atoms with Gasteiger partial charge in [-0.1, -0.05) is 44.2 Å². The summed E-state index contributed by atoms with van der Waals surface area (Å²) in [5.41, 5.74) is 1.96. The first kappa shape index (κ1) is 39.1. The highest BCUT2D eigenvalue weighted by molar-refractivity contribution is 7.28. The van der Waals surface area contributed by atoms with E-state index in [2.05, 4.69) is 66.4 Å². The number of nitrogens with one attached hydrogen (secondary N) is 4. The molecule has 2 fully saturated rings. The number of aromatic amines is 2. The monoisotopic (exact) mass is 806 g/mol. The molecule has 5 aromatic rings. The van der Waals surface area contributed by atoms with Gasteiger partial charge in [-0.05, 0) is 73.0 Å². The van der Waals surface area contributed by atoms with Crippen LogP contribution < -0.4 is 10.6 Å². The molecule has 0 bridgehead atoms. The zero-order chi connectivity index (χ0) is 40.1. The number of H-pyrrole nitrogens is 2. The van der Waals surface area contributed by atoms with Gasteiger partial charge >= 0.3 is 12.2 Å². The van der Waals surface area contributed by atoms with Crippen molar-refractivity contribution in [2.24, 2.45) is 5.92 Å². The van der Waals surface area contributed by atoms with E-state index in [4.69, 9.17) is 9.47 Å². The van der Waals surface area contributed by atoms with Crippen molar-refractivity contribution in [2.75, 3.05) is 27.3 Å². The van der Waals surface area contributed by atoms with Crippen molar-refractivity contribution in [3.05, 3.63) is 93.2 Å². The molecule has 4 amide bonds. The molecule has 0 radical (unpaired) electrons. The maximum Gasteiger partial charge on any atom is 0.407 e. The second-order valence-corrected chi connectivity index (χ2v) is 16.2. The Bertz CT molecular complexity index is 2360. The van der Waals surface area contributed by atoms with Gasteiger partial charge in [-0.3, -0.25) is 9.59 Å². The van der Waals surface area contributed by atoms with Crippen LogP contribution in [0.2, 0.25) is 0 Å². The van der Waals surface area contributed by atoms with Gasteiger partial charge in [0.15, 0.2) is 0 Å². The Morgan fingerprint density at radius 1 is 0.754 bits per heavy atom. The van der Waals surface area contributed by atoms with Gasteiger partial charge in [-0.2, -0.15) is 0 Å². The van der Waals surface area contributed by atoms with Crippen LogP contribution in [0.25, 0.3) is 9.40 Å². The molecule has 0 spiro atoms. The highest BCUT2D eigenvalue weighted by Crippen LogP contribution is 2.35. The van der Waals surface area contributed by atoms with Crippen molar-refractivity contribution in [2.45, 2.75) is 63.7 Å². The summed E-state index contributed by atoms with van der Waals surface area (Å²) in [5.74, 6) is 13.7. The van der Waals surface area contributed by atoms with E-state index >= 15 is 0 Å². The summed E-state index contributed by atoms with van der Waals surface area (Å²) < 4.78 is 11.7. The number of methoxy groups -OCH3 is 2. The summed E-state index contributed by atoms with van der Waals surface area (Å²) >= 11 is 3.16. The van der Waals surface area contributed by atoms with Crippen molar-refractivity contribution in [3.8, 4) is 23.7 Å². The first-order valence-corrected chi connectivity index (χ1v) is 20.3. The summed E-state index contributed by atoms with van der Waals surface area (Å²) in [5, 5.41) is 5.36. The number of alkyl carbamates (subject to hydrolysis) is 2. The molecular formula is C41H42N8O6S2. The van der Waals surface area contributed by atoms with Crippen molar-refractivity contribution >= 4 is 56.1 Å². The SMILES string of the molecule is COC(=O)N[C@H](C(=O)N1CCCC1c1ncc(C#Cc2cc3sc(C#Cc4cnc(C5CCCN5C(=O)[C@H](NC(=O)OC)c5ccccc5)[nH]4)cc3s2)[nH]1)C(C)C. The molecule has 2 unspecified atom stereocenters. The van der Waals surface area contributed by atoms with Crippen molar-refractivity contribution < 1.29 is 28.7 Å². The van der Waals surface area contributed by atoms with E-state index in [1.165, 1.54) is 14.2 Å². The fraction of sp³-hybridized carbons (Fsp3) is 0.366. The minimum Gasteiger partial charge on any atom is -0.453 e. The number of aromatic nitrogens is 4. The van der Waals surface area contributed by atoms with Gasteiger partial charge in [0.05, 0.1) is 48.5 Å². The normalized spacial score (nSPS) is 17.4. The summed E-state index contributed by atoms with van der Waals surface area (Å²) in [7, 11) is 2.55. The highest BCUT2D eigenvalue weighted by Gasteiger charge is 2.38. The van der Waals surface area contributed by atoms with Crippen molar-refractivity contribution in [1.82, 2.24) is 40.4 Å². The van der Waals surface area contributed by atoms with Crippen LogP contribution in [0.1, 0.15) is 96.0 Å². The van der Waals surface area contributed by atoms with Crippen LogP contribution in [-0.2, 0) is 19.1 Å². The van der Waals surface area contributed by atoms with E-state index in [-0.39, 0.29) is 29.8 Å². The number of ether oxygens (including phenoxy) is 2. The summed E-state index contributed by atoms with van der Waals surface area (Å²) in [6.07, 6.45) is 5.18. The third-order valence-electron chi connectivity index (χ3n) is 9.96. The van der Waals surface area contributed by atoms with Gasteiger partial charge in [0.25, 0.3) is 5.91 Å². The Kier molecular flexibility index (Phi) is 11.9. The van der Waals surface area contributed by atoms with Crippen LogP contribution in [0.5, 0.6) is 0 Å². The standard InChI is InChI=1S/C41H42N8O6S2/c1-24(2)34(46-40(52)54-3)38(50)48-18-8-12-30(48)36-42-22-26(44-36)14-16-28-20-32-33(56-28)21-29(57-32)17-15-27-23-43-37(45-27)31-13-9-19-49(31)39(51)35(47-41(53)55-4)25-10-6-5-7-11-25/h5-7,10-11,20-24,30-31,34-35H,8-9,12-13,18-19H2,1-4H3,(H,42,44)(H,43,45)(H,46,52)(H,47,53)/t30?,31?,34-,35+/m0/s1. The molecule has 6 heterocycles. The Morgan fingerprint density at radius 3 is 1.77 bits per heavy atom.